The Kier molecular flexibility index (Phi) is 6.22. The average molecular weight is 438 g/mol. The van der Waals surface area contributed by atoms with Crippen molar-refractivity contribution < 1.29 is 22.8 Å². The second-order valence-electron chi connectivity index (χ2n) is 5.59. The van der Waals surface area contributed by atoms with Crippen molar-refractivity contribution in [3.63, 3.8) is 0 Å². The number of rotatable bonds is 5. The molecule has 1 fully saturated rings. The van der Waals surface area contributed by atoms with Gasteiger partial charge in [-0.2, -0.15) is 0 Å². The van der Waals surface area contributed by atoms with Crippen LogP contribution in [0, 0.1) is 6.92 Å². The highest BCUT2D eigenvalue weighted by Gasteiger charge is 2.25. The summed E-state index contributed by atoms with van der Waals surface area (Å²) < 4.78 is 27.7. The van der Waals surface area contributed by atoms with Gasteiger partial charge in [0.1, 0.15) is 17.1 Å². The molecule has 0 saturated carbocycles. The number of sulfone groups is 1. The van der Waals surface area contributed by atoms with Gasteiger partial charge in [-0.05, 0) is 12.5 Å². The van der Waals surface area contributed by atoms with E-state index in [9.17, 15) is 13.2 Å². The zero-order valence-corrected chi connectivity index (χ0v) is 15.5. The number of hydrogen-bond acceptors (Lipinski definition) is 4. The number of halogens is 1. The Morgan fingerprint density at radius 2 is 1.86 bits per heavy atom. The molecular weight excluding hydrogens is 417 g/mol. The van der Waals surface area contributed by atoms with Crippen LogP contribution in [0.4, 0.5) is 0 Å². The van der Waals surface area contributed by atoms with Gasteiger partial charge in [0.15, 0.2) is 9.84 Å². The molecule has 2 rings (SSSR count). The third-order valence-corrected chi connectivity index (χ3v) is 6.69. The monoisotopic (exact) mass is 438 g/mol. The second kappa shape index (κ2) is 7.74. The molecule has 1 aliphatic rings. The number of alkyl halides is 1. The molecule has 0 bridgehead atoms. The molecule has 22 heavy (non-hydrogen) atoms. The number of benzene rings is 1. The van der Waals surface area contributed by atoms with Gasteiger partial charge in [-0.3, -0.25) is 4.79 Å². The van der Waals surface area contributed by atoms with Gasteiger partial charge in [-0.1, -0.05) is 52.4 Å². The lowest BCUT2D eigenvalue weighted by Gasteiger charge is -2.23. The van der Waals surface area contributed by atoms with E-state index in [0.29, 0.717) is 26.2 Å². The number of carbonyl (C=O) groups excluding carboxylic acids is 1. The molecule has 1 atom stereocenters. The van der Waals surface area contributed by atoms with Gasteiger partial charge in [-0.25, -0.2) is 8.42 Å². The highest BCUT2D eigenvalue weighted by atomic mass is 127. The Labute approximate surface area is 145 Å². The van der Waals surface area contributed by atoms with Gasteiger partial charge in [0, 0.05) is 0 Å². The third-order valence-electron chi connectivity index (χ3n) is 3.81. The quantitative estimate of drug-likeness (QED) is 0.409. The Morgan fingerprint density at radius 1 is 1.27 bits per heavy atom. The van der Waals surface area contributed by atoms with Crippen LogP contribution in [0.3, 0.4) is 0 Å². The molecule has 0 radical (unpaired) electrons. The van der Waals surface area contributed by atoms with E-state index < -0.39 is 9.84 Å². The van der Waals surface area contributed by atoms with Crippen LogP contribution in [-0.2, 0) is 19.4 Å². The lowest BCUT2D eigenvalue weighted by Crippen LogP contribution is -3.14. The number of quaternary nitrogens is 1. The van der Waals surface area contributed by atoms with Crippen LogP contribution in [0.2, 0.25) is 0 Å². The maximum Gasteiger partial charge on any atom is 0.323 e. The minimum atomic E-state index is -2.84. The van der Waals surface area contributed by atoms with Gasteiger partial charge < -0.3 is 9.64 Å². The summed E-state index contributed by atoms with van der Waals surface area (Å²) in [6.45, 7) is 4.21. The predicted molar refractivity (Wildman–Crippen MR) is 93.1 cm³/mol. The molecule has 1 aromatic rings. The first kappa shape index (κ1) is 17.7. The fraction of sp³-hybridized carbons (Fsp3) is 0.533. The van der Waals surface area contributed by atoms with Crippen LogP contribution >= 0.6 is 22.6 Å². The van der Waals surface area contributed by atoms with Crippen molar-refractivity contribution in [1.82, 2.24) is 0 Å². The van der Waals surface area contributed by atoms with Crippen molar-refractivity contribution >= 4 is 38.4 Å². The van der Waals surface area contributed by atoms with Crippen molar-refractivity contribution in [2.75, 3.05) is 37.7 Å². The summed E-state index contributed by atoms with van der Waals surface area (Å²) in [6, 6.07) is 7.84. The normalized spacial score (nSPS) is 19.5. The molecule has 122 valence electrons. The standard InChI is InChI=1S/C15H20INO4S/c1-12-2-4-13(5-3-12)14(16)15(18)21-9-6-17-7-10-22(19,20)11-8-17/h2-5,14H,6-11H2,1H3/p+1. The highest BCUT2D eigenvalue weighted by molar-refractivity contribution is 14.1. The maximum absolute atomic E-state index is 12.0. The number of nitrogens with one attached hydrogen (secondary N) is 1. The fourth-order valence-corrected chi connectivity index (χ4v) is 4.32. The van der Waals surface area contributed by atoms with Crippen LogP contribution in [0.5, 0.6) is 0 Å². The van der Waals surface area contributed by atoms with Crippen LogP contribution in [0.1, 0.15) is 15.1 Å². The van der Waals surface area contributed by atoms with E-state index in [1.807, 2.05) is 31.2 Å². The summed E-state index contributed by atoms with van der Waals surface area (Å²) in [5.41, 5.74) is 2.09. The summed E-state index contributed by atoms with van der Waals surface area (Å²) in [5.74, 6) is 0.219. The van der Waals surface area contributed by atoms with Crippen molar-refractivity contribution in [2.45, 2.75) is 10.8 Å². The van der Waals surface area contributed by atoms with E-state index in [4.69, 9.17) is 4.74 Å². The molecule has 0 aliphatic carbocycles. The third kappa shape index (κ3) is 5.20. The Morgan fingerprint density at radius 3 is 2.45 bits per heavy atom. The van der Waals surface area contributed by atoms with Crippen LogP contribution in [0.15, 0.2) is 24.3 Å². The lowest BCUT2D eigenvalue weighted by molar-refractivity contribution is -0.896. The van der Waals surface area contributed by atoms with E-state index in [-0.39, 0.29) is 21.4 Å². The molecule has 1 saturated heterocycles. The number of ether oxygens (including phenoxy) is 1. The first-order chi connectivity index (χ1) is 10.4. The van der Waals surface area contributed by atoms with Crippen LogP contribution in [-0.4, -0.2) is 52.1 Å². The van der Waals surface area contributed by atoms with Gasteiger partial charge >= 0.3 is 5.97 Å². The molecule has 1 N–H and O–H groups in total. The van der Waals surface area contributed by atoms with E-state index in [0.717, 1.165) is 11.1 Å². The van der Waals surface area contributed by atoms with Crippen molar-refractivity contribution in [3.05, 3.63) is 35.4 Å². The van der Waals surface area contributed by atoms with Gasteiger partial charge in [0.2, 0.25) is 0 Å². The number of carbonyl (C=O) groups is 1. The molecule has 1 heterocycles. The smallest absolute Gasteiger partial charge is 0.323 e. The molecular formula is C15H21INO4S+. The zero-order valence-electron chi connectivity index (χ0n) is 12.5. The SMILES string of the molecule is Cc1ccc(C(I)C(=O)OCC[NH+]2CCS(=O)(=O)CC2)cc1. The van der Waals surface area contributed by atoms with E-state index >= 15 is 0 Å². The van der Waals surface area contributed by atoms with E-state index in [1.165, 1.54) is 4.90 Å². The van der Waals surface area contributed by atoms with Crippen LogP contribution in [0.25, 0.3) is 0 Å². The average Bonchev–Trinajstić information content (AvgIpc) is 2.49. The minimum absolute atomic E-state index is 0.231. The van der Waals surface area contributed by atoms with E-state index in [2.05, 4.69) is 22.6 Å². The molecule has 5 nitrogen and oxygen atoms in total. The largest absolute Gasteiger partial charge is 0.459 e. The Hall–Kier alpha value is -0.670. The van der Waals surface area contributed by atoms with E-state index in [1.54, 1.807) is 0 Å². The first-order valence-electron chi connectivity index (χ1n) is 7.29. The summed E-state index contributed by atoms with van der Waals surface area (Å²) >= 11 is 2.08. The molecule has 0 aromatic heterocycles. The van der Waals surface area contributed by atoms with Crippen LogP contribution < -0.4 is 4.90 Å². The number of aryl methyl sites for hydroxylation is 1. The maximum atomic E-state index is 12.0. The summed E-state index contributed by atoms with van der Waals surface area (Å²) in [6.07, 6.45) is 0. The first-order valence-corrected chi connectivity index (χ1v) is 10.4. The second-order valence-corrected chi connectivity index (χ2v) is 9.14. The molecule has 1 aliphatic heterocycles. The Balaban J connectivity index is 1.75. The van der Waals surface area contributed by atoms with Gasteiger partial charge in [0.05, 0.1) is 24.6 Å². The number of esters is 1. The highest BCUT2D eigenvalue weighted by Crippen LogP contribution is 2.24. The van der Waals surface area contributed by atoms with Crippen molar-refractivity contribution in [3.8, 4) is 0 Å². The fourth-order valence-electron chi connectivity index (χ4n) is 2.32. The minimum Gasteiger partial charge on any atom is -0.459 e. The van der Waals surface area contributed by atoms with Crippen molar-refractivity contribution in [2.24, 2.45) is 0 Å². The lowest BCUT2D eigenvalue weighted by atomic mass is 10.1. The van der Waals surface area contributed by atoms with Crippen molar-refractivity contribution in [1.29, 1.82) is 0 Å². The molecule has 7 heteroatoms. The Bertz CT molecular complexity index is 601. The number of hydrogen-bond donors (Lipinski definition) is 1. The summed E-state index contributed by atoms with van der Waals surface area (Å²) in [5, 5.41) is 0. The topological polar surface area (TPSA) is 64.9 Å². The molecule has 0 spiro atoms. The van der Waals surface area contributed by atoms with Gasteiger partial charge in [-0.15, -0.1) is 0 Å². The molecule has 1 unspecified atom stereocenters. The summed E-state index contributed by atoms with van der Waals surface area (Å²) in [7, 11) is -2.84. The summed E-state index contributed by atoms with van der Waals surface area (Å²) in [4.78, 5) is 13.2. The zero-order chi connectivity index (χ0) is 16.2. The van der Waals surface area contributed by atoms with Gasteiger partial charge in [0.25, 0.3) is 0 Å². The predicted octanol–water partition coefficient (Wildman–Crippen LogP) is 0.328. The molecule has 1 aromatic carbocycles. The molecule has 0 amide bonds.